The van der Waals surface area contributed by atoms with Crippen molar-refractivity contribution in [2.45, 2.75) is 40.0 Å². The summed E-state index contributed by atoms with van der Waals surface area (Å²) in [4.78, 5) is 11.6. The lowest BCUT2D eigenvalue weighted by Gasteiger charge is -2.27. The van der Waals surface area contributed by atoms with Crippen molar-refractivity contribution in [3.05, 3.63) is 64.2 Å². The molecule has 2 rings (SSSR count). The smallest absolute Gasteiger partial charge is 0.160 e. The number of benzene rings is 2. The second-order valence-electron chi connectivity index (χ2n) is 6.40. The van der Waals surface area contributed by atoms with Crippen LogP contribution in [0, 0.1) is 13.8 Å². The molecule has 0 aliphatic heterocycles. The molecule has 2 aromatic carbocycles. The Balaban J connectivity index is 2.48. The summed E-state index contributed by atoms with van der Waals surface area (Å²) in [6.45, 7) is 10.1. The zero-order valence-corrected chi connectivity index (χ0v) is 14.3. The number of methoxy groups -OCH3 is 1. The molecule has 0 saturated carbocycles. The Bertz CT molecular complexity index is 712. The molecule has 0 aliphatic carbocycles. The number of carbonyl (C=O) groups excluding carboxylic acids is 1. The maximum atomic E-state index is 11.6. The summed E-state index contributed by atoms with van der Waals surface area (Å²) in [7, 11) is 1.69. The number of carbonyl (C=O) groups is 1. The molecule has 0 amide bonds. The fourth-order valence-corrected chi connectivity index (χ4v) is 2.88. The molecule has 0 N–H and O–H groups in total. The van der Waals surface area contributed by atoms with Gasteiger partial charge in [0.15, 0.2) is 5.78 Å². The Morgan fingerprint density at radius 1 is 0.955 bits per heavy atom. The van der Waals surface area contributed by atoms with Gasteiger partial charge in [0, 0.05) is 11.0 Å². The minimum absolute atomic E-state index is 0.113. The van der Waals surface area contributed by atoms with Crippen molar-refractivity contribution in [3.63, 3.8) is 0 Å². The second kappa shape index (κ2) is 5.96. The fraction of sp³-hybridized carbons (Fsp3) is 0.350. The van der Waals surface area contributed by atoms with E-state index in [2.05, 4.69) is 45.0 Å². The van der Waals surface area contributed by atoms with Crippen molar-refractivity contribution in [2.75, 3.05) is 7.11 Å². The quantitative estimate of drug-likeness (QED) is 0.755. The van der Waals surface area contributed by atoms with Crippen LogP contribution in [0.1, 0.15) is 53.4 Å². The molecule has 2 aromatic rings. The summed E-state index contributed by atoms with van der Waals surface area (Å²) in [5, 5.41) is 0. The Labute approximate surface area is 133 Å². The lowest BCUT2D eigenvalue weighted by atomic mass is 9.76. The Morgan fingerprint density at radius 2 is 1.50 bits per heavy atom. The van der Waals surface area contributed by atoms with E-state index in [4.69, 9.17) is 4.74 Å². The topological polar surface area (TPSA) is 26.3 Å². The molecule has 0 heterocycles. The Kier molecular flexibility index (Phi) is 4.41. The molecule has 0 aromatic heterocycles. The second-order valence-corrected chi connectivity index (χ2v) is 6.40. The van der Waals surface area contributed by atoms with Gasteiger partial charge in [-0.05, 0) is 49.1 Å². The van der Waals surface area contributed by atoms with Gasteiger partial charge >= 0.3 is 0 Å². The highest BCUT2D eigenvalue weighted by Gasteiger charge is 2.24. The van der Waals surface area contributed by atoms with E-state index in [1.165, 1.54) is 11.1 Å². The summed E-state index contributed by atoms with van der Waals surface area (Å²) < 4.78 is 5.34. The van der Waals surface area contributed by atoms with Crippen LogP contribution in [0.15, 0.2) is 36.4 Å². The van der Waals surface area contributed by atoms with E-state index in [1.54, 1.807) is 14.0 Å². The van der Waals surface area contributed by atoms with Crippen LogP contribution in [0.4, 0.5) is 0 Å². The van der Waals surface area contributed by atoms with Crippen LogP contribution in [-0.2, 0) is 5.41 Å². The lowest BCUT2D eigenvalue weighted by molar-refractivity contribution is 0.101. The minimum atomic E-state index is -0.128. The van der Waals surface area contributed by atoms with Crippen molar-refractivity contribution in [1.82, 2.24) is 0 Å². The predicted octanol–water partition coefficient (Wildman–Crippen LogP) is 4.84. The molecule has 22 heavy (non-hydrogen) atoms. The highest BCUT2D eigenvalue weighted by Crippen LogP contribution is 2.34. The molecule has 0 unspecified atom stereocenters. The monoisotopic (exact) mass is 296 g/mol. The van der Waals surface area contributed by atoms with Gasteiger partial charge in [0.05, 0.1) is 7.11 Å². The first kappa shape index (κ1) is 16.3. The highest BCUT2D eigenvalue weighted by atomic mass is 16.5. The average Bonchev–Trinajstić information content (AvgIpc) is 2.46. The normalized spacial score (nSPS) is 11.4. The summed E-state index contributed by atoms with van der Waals surface area (Å²) in [6, 6.07) is 12.4. The van der Waals surface area contributed by atoms with Crippen LogP contribution in [0.2, 0.25) is 0 Å². The first-order valence-corrected chi connectivity index (χ1v) is 7.54. The van der Waals surface area contributed by atoms with Crippen LogP contribution in [0.3, 0.4) is 0 Å². The van der Waals surface area contributed by atoms with E-state index in [1.807, 2.05) is 19.1 Å². The lowest BCUT2D eigenvalue weighted by Crippen LogP contribution is -2.19. The van der Waals surface area contributed by atoms with Gasteiger partial charge < -0.3 is 4.74 Å². The molecule has 0 spiro atoms. The van der Waals surface area contributed by atoms with E-state index in [0.717, 1.165) is 22.4 Å². The van der Waals surface area contributed by atoms with E-state index in [0.29, 0.717) is 0 Å². The summed E-state index contributed by atoms with van der Waals surface area (Å²) in [5.41, 5.74) is 5.27. The number of ether oxygens (including phenoxy) is 1. The van der Waals surface area contributed by atoms with Crippen molar-refractivity contribution in [2.24, 2.45) is 0 Å². The Hall–Kier alpha value is -2.09. The zero-order valence-electron chi connectivity index (χ0n) is 14.3. The SMILES string of the molecule is COc1ccc(C(C)(C)c2ccc(C(C)=O)c(C)c2)cc1C. The zero-order chi connectivity index (χ0) is 16.5. The first-order chi connectivity index (χ1) is 10.3. The molecule has 0 aliphatic rings. The molecule has 0 radical (unpaired) electrons. The van der Waals surface area contributed by atoms with Gasteiger partial charge in [-0.2, -0.15) is 0 Å². The number of hydrogen-bond donors (Lipinski definition) is 0. The standard InChI is InChI=1S/C20H24O2/c1-13-11-16(7-9-18(13)15(3)21)20(4,5)17-8-10-19(22-6)14(2)12-17/h7-12H,1-6H3. The van der Waals surface area contributed by atoms with E-state index in [-0.39, 0.29) is 11.2 Å². The maximum Gasteiger partial charge on any atom is 0.160 e. The van der Waals surface area contributed by atoms with E-state index >= 15 is 0 Å². The maximum absolute atomic E-state index is 11.6. The van der Waals surface area contributed by atoms with Gasteiger partial charge in [0.2, 0.25) is 0 Å². The highest BCUT2D eigenvalue weighted by molar-refractivity contribution is 5.95. The van der Waals surface area contributed by atoms with Crippen molar-refractivity contribution in [3.8, 4) is 5.75 Å². The average molecular weight is 296 g/mol. The van der Waals surface area contributed by atoms with Gasteiger partial charge in [0.25, 0.3) is 0 Å². The van der Waals surface area contributed by atoms with Gasteiger partial charge in [-0.25, -0.2) is 0 Å². The van der Waals surface area contributed by atoms with Crippen LogP contribution >= 0.6 is 0 Å². The number of Topliss-reactive ketones (excluding diaryl/α,β-unsaturated/α-hetero) is 1. The summed E-state index contributed by atoms with van der Waals surface area (Å²) in [5.74, 6) is 1.02. The Morgan fingerprint density at radius 3 is 1.95 bits per heavy atom. The number of ketones is 1. The number of aryl methyl sites for hydroxylation is 2. The molecule has 2 heteroatoms. The van der Waals surface area contributed by atoms with Crippen LogP contribution in [-0.4, -0.2) is 12.9 Å². The molecule has 0 bridgehead atoms. The molecule has 0 atom stereocenters. The fourth-order valence-electron chi connectivity index (χ4n) is 2.88. The van der Waals surface area contributed by atoms with Crippen LogP contribution in [0.5, 0.6) is 5.75 Å². The molecule has 0 saturated heterocycles. The third-order valence-electron chi connectivity index (χ3n) is 4.44. The van der Waals surface area contributed by atoms with Crippen LogP contribution in [0.25, 0.3) is 0 Å². The molecular formula is C20H24O2. The predicted molar refractivity (Wildman–Crippen MR) is 91.0 cm³/mol. The number of hydrogen-bond acceptors (Lipinski definition) is 2. The molecular weight excluding hydrogens is 272 g/mol. The minimum Gasteiger partial charge on any atom is -0.496 e. The molecule has 2 nitrogen and oxygen atoms in total. The van der Waals surface area contributed by atoms with E-state index < -0.39 is 0 Å². The van der Waals surface area contributed by atoms with Crippen molar-refractivity contribution >= 4 is 5.78 Å². The van der Waals surface area contributed by atoms with Crippen LogP contribution < -0.4 is 4.74 Å². The van der Waals surface area contributed by atoms with Crippen molar-refractivity contribution < 1.29 is 9.53 Å². The van der Waals surface area contributed by atoms with Gasteiger partial charge in [-0.15, -0.1) is 0 Å². The third kappa shape index (κ3) is 2.92. The third-order valence-corrected chi connectivity index (χ3v) is 4.44. The number of rotatable bonds is 4. The summed E-state index contributed by atoms with van der Waals surface area (Å²) in [6.07, 6.45) is 0. The largest absolute Gasteiger partial charge is 0.496 e. The summed E-state index contributed by atoms with van der Waals surface area (Å²) >= 11 is 0. The molecule has 116 valence electrons. The van der Waals surface area contributed by atoms with Crippen molar-refractivity contribution in [1.29, 1.82) is 0 Å². The van der Waals surface area contributed by atoms with E-state index in [9.17, 15) is 4.79 Å². The van der Waals surface area contributed by atoms with Gasteiger partial charge in [0.1, 0.15) is 5.75 Å². The first-order valence-electron chi connectivity index (χ1n) is 7.54. The molecule has 0 fully saturated rings. The van der Waals surface area contributed by atoms with Gasteiger partial charge in [-0.1, -0.05) is 44.2 Å². The van der Waals surface area contributed by atoms with Gasteiger partial charge in [-0.3, -0.25) is 4.79 Å².